The molecule has 0 fully saturated rings. The molecule has 26 heavy (non-hydrogen) atoms. The van der Waals surface area contributed by atoms with Gasteiger partial charge in [-0.15, -0.1) is 0 Å². The molecule has 1 aliphatic rings. The van der Waals surface area contributed by atoms with Crippen molar-refractivity contribution in [2.24, 2.45) is 0 Å². The number of halogens is 1. The van der Waals surface area contributed by atoms with Gasteiger partial charge in [0.1, 0.15) is 18.0 Å². The van der Waals surface area contributed by atoms with E-state index in [0.717, 1.165) is 58.6 Å². The summed E-state index contributed by atoms with van der Waals surface area (Å²) in [4.78, 5) is 15.8. The largest absolute Gasteiger partial charge is 0.366 e. The van der Waals surface area contributed by atoms with Gasteiger partial charge in [0.2, 0.25) is 0 Å². The van der Waals surface area contributed by atoms with Crippen molar-refractivity contribution in [3.63, 3.8) is 0 Å². The van der Waals surface area contributed by atoms with Crippen molar-refractivity contribution in [2.75, 3.05) is 16.8 Å². The van der Waals surface area contributed by atoms with Crippen molar-refractivity contribution < 1.29 is 0 Å². The third kappa shape index (κ3) is 3.48. The van der Waals surface area contributed by atoms with Crippen molar-refractivity contribution in [1.29, 1.82) is 0 Å². The summed E-state index contributed by atoms with van der Waals surface area (Å²) >= 11 is 6.26. The SMILES string of the molecule is Cc1ccc(N2CCc3ncnc(NCc4ccccc4Cl)c3C2)nc1. The zero-order chi connectivity index (χ0) is 17.9. The van der Waals surface area contributed by atoms with E-state index in [2.05, 4.69) is 37.3 Å². The molecule has 0 saturated carbocycles. The smallest absolute Gasteiger partial charge is 0.134 e. The van der Waals surface area contributed by atoms with Crippen LogP contribution in [0.4, 0.5) is 11.6 Å². The maximum atomic E-state index is 6.26. The Morgan fingerprint density at radius 2 is 2.00 bits per heavy atom. The van der Waals surface area contributed by atoms with Crippen LogP contribution < -0.4 is 10.2 Å². The second kappa shape index (κ2) is 7.30. The Kier molecular flexibility index (Phi) is 4.71. The highest BCUT2D eigenvalue weighted by Crippen LogP contribution is 2.27. The fourth-order valence-electron chi connectivity index (χ4n) is 3.16. The van der Waals surface area contributed by atoms with E-state index >= 15 is 0 Å². The molecule has 0 amide bonds. The molecule has 1 N–H and O–H groups in total. The monoisotopic (exact) mass is 365 g/mol. The Hall–Kier alpha value is -2.66. The van der Waals surface area contributed by atoms with Gasteiger partial charge in [0.05, 0.1) is 5.69 Å². The minimum atomic E-state index is 0.631. The molecule has 3 heterocycles. The predicted molar refractivity (Wildman–Crippen MR) is 105 cm³/mol. The minimum absolute atomic E-state index is 0.631. The van der Waals surface area contributed by atoms with E-state index in [1.807, 2.05) is 37.4 Å². The van der Waals surface area contributed by atoms with Gasteiger partial charge in [-0.05, 0) is 30.2 Å². The quantitative estimate of drug-likeness (QED) is 0.757. The number of fused-ring (bicyclic) bond motifs is 1. The zero-order valence-corrected chi connectivity index (χ0v) is 15.4. The number of benzene rings is 1. The molecule has 0 unspecified atom stereocenters. The van der Waals surface area contributed by atoms with Gasteiger partial charge in [0.15, 0.2) is 0 Å². The van der Waals surface area contributed by atoms with Gasteiger partial charge in [-0.2, -0.15) is 0 Å². The van der Waals surface area contributed by atoms with E-state index in [4.69, 9.17) is 11.6 Å². The number of aryl methyl sites for hydroxylation is 1. The number of hydrogen-bond donors (Lipinski definition) is 1. The average molecular weight is 366 g/mol. The number of anilines is 2. The van der Waals surface area contributed by atoms with E-state index < -0.39 is 0 Å². The number of pyridine rings is 1. The summed E-state index contributed by atoms with van der Waals surface area (Å²) in [6, 6.07) is 12.0. The van der Waals surface area contributed by atoms with Crippen LogP contribution in [0.25, 0.3) is 0 Å². The van der Waals surface area contributed by atoms with E-state index in [0.29, 0.717) is 6.54 Å². The Morgan fingerprint density at radius 3 is 2.81 bits per heavy atom. The molecule has 0 radical (unpaired) electrons. The van der Waals surface area contributed by atoms with Crippen molar-refractivity contribution in [3.05, 3.63) is 76.3 Å². The van der Waals surface area contributed by atoms with Crippen LogP contribution in [-0.4, -0.2) is 21.5 Å². The minimum Gasteiger partial charge on any atom is -0.366 e. The standard InChI is InChI=1S/C20H20ClN5/c1-14-6-7-19(22-10-14)26-9-8-18-16(12-26)20(25-13-24-18)23-11-15-4-2-3-5-17(15)21/h2-7,10,13H,8-9,11-12H2,1H3,(H,23,24,25). The van der Waals surface area contributed by atoms with Crippen LogP contribution in [0.3, 0.4) is 0 Å². The lowest BCUT2D eigenvalue weighted by Crippen LogP contribution is -2.32. The topological polar surface area (TPSA) is 53.9 Å². The Balaban J connectivity index is 1.55. The summed E-state index contributed by atoms with van der Waals surface area (Å²) in [7, 11) is 0. The summed E-state index contributed by atoms with van der Waals surface area (Å²) in [6.45, 7) is 4.33. The number of hydrogen-bond acceptors (Lipinski definition) is 5. The average Bonchev–Trinajstić information content (AvgIpc) is 2.67. The first kappa shape index (κ1) is 16.8. The van der Waals surface area contributed by atoms with Gasteiger partial charge >= 0.3 is 0 Å². The number of rotatable bonds is 4. The highest BCUT2D eigenvalue weighted by Gasteiger charge is 2.22. The second-order valence-corrected chi connectivity index (χ2v) is 6.86. The molecule has 2 aromatic heterocycles. The molecule has 3 aromatic rings. The summed E-state index contributed by atoms with van der Waals surface area (Å²) < 4.78 is 0. The molecule has 4 rings (SSSR count). The fraction of sp³-hybridized carbons (Fsp3) is 0.250. The molecule has 1 aliphatic heterocycles. The van der Waals surface area contributed by atoms with E-state index in [-0.39, 0.29) is 0 Å². The number of nitrogens with one attached hydrogen (secondary N) is 1. The molecular formula is C20H20ClN5. The Labute approximate surface area is 158 Å². The zero-order valence-electron chi connectivity index (χ0n) is 14.6. The maximum absolute atomic E-state index is 6.26. The van der Waals surface area contributed by atoms with Crippen LogP contribution in [-0.2, 0) is 19.5 Å². The lowest BCUT2D eigenvalue weighted by Gasteiger charge is -2.30. The summed E-state index contributed by atoms with van der Waals surface area (Å²) in [5, 5.41) is 4.19. The maximum Gasteiger partial charge on any atom is 0.134 e. The highest BCUT2D eigenvalue weighted by atomic mass is 35.5. The Morgan fingerprint density at radius 1 is 1.12 bits per heavy atom. The second-order valence-electron chi connectivity index (χ2n) is 6.46. The van der Waals surface area contributed by atoms with Gasteiger partial charge < -0.3 is 10.2 Å². The fourth-order valence-corrected chi connectivity index (χ4v) is 3.36. The Bertz CT molecular complexity index is 910. The molecule has 1 aromatic carbocycles. The molecular weight excluding hydrogens is 346 g/mol. The highest BCUT2D eigenvalue weighted by molar-refractivity contribution is 6.31. The molecule has 0 saturated heterocycles. The molecule has 0 aliphatic carbocycles. The van der Waals surface area contributed by atoms with Crippen LogP contribution >= 0.6 is 11.6 Å². The summed E-state index contributed by atoms with van der Waals surface area (Å²) in [5.74, 6) is 1.86. The van der Waals surface area contributed by atoms with Crippen LogP contribution in [0.2, 0.25) is 5.02 Å². The van der Waals surface area contributed by atoms with E-state index in [9.17, 15) is 0 Å². The molecule has 0 atom stereocenters. The van der Waals surface area contributed by atoms with Crippen molar-refractivity contribution >= 4 is 23.2 Å². The van der Waals surface area contributed by atoms with Crippen LogP contribution in [0.1, 0.15) is 22.4 Å². The van der Waals surface area contributed by atoms with Gasteiger partial charge in [-0.3, -0.25) is 0 Å². The molecule has 5 nitrogen and oxygen atoms in total. The number of aromatic nitrogens is 3. The van der Waals surface area contributed by atoms with Gasteiger partial charge in [0, 0.05) is 42.8 Å². The summed E-state index contributed by atoms with van der Waals surface area (Å²) in [6.07, 6.45) is 4.42. The first-order valence-corrected chi connectivity index (χ1v) is 9.06. The van der Waals surface area contributed by atoms with E-state index in [1.54, 1.807) is 6.33 Å². The lowest BCUT2D eigenvalue weighted by molar-refractivity contribution is 0.697. The van der Waals surface area contributed by atoms with Crippen molar-refractivity contribution in [3.8, 4) is 0 Å². The van der Waals surface area contributed by atoms with Gasteiger partial charge in [-0.1, -0.05) is 35.9 Å². The van der Waals surface area contributed by atoms with E-state index in [1.165, 1.54) is 0 Å². The summed E-state index contributed by atoms with van der Waals surface area (Å²) in [5.41, 5.74) is 4.45. The normalized spacial score (nSPS) is 13.4. The molecule has 6 heteroatoms. The first-order valence-electron chi connectivity index (χ1n) is 8.68. The van der Waals surface area contributed by atoms with Gasteiger partial charge in [-0.25, -0.2) is 15.0 Å². The van der Waals surface area contributed by atoms with Crippen LogP contribution in [0.5, 0.6) is 0 Å². The van der Waals surface area contributed by atoms with Crippen LogP contribution in [0.15, 0.2) is 48.9 Å². The van der Waals surface area contributed by atoms with Crippen molar-refractivity contribution in [2.45, 2.75) is 26.4 Å². The third-order valence-electron chi connectivity index (χ3n) is 4.63. The molecule has 0 spiro atoms. The number of nitrogens with zero attached hydrogens (tertiary/aromatic N) is 4. The molecule has 0 bridgehead atoms. The molecule has 132 valence electrons. The predicted octanol–water partition coefficient (Wildman–Crippen LogP) is 4.01. The first-order chi connectivity index (χ1) is 12.7. The van der Waals surface area contributed by atoms with Crippen molar-refractivity contribution in [1.82, 2.24) is 15.0 Å². The third-order valence-corrected chi connectivity index (χ3v) is 4.99. The van der Waals surface area contributed by atoms with Gasteiger partial charge in [0.25, 0.3) is 0 Å². The lowest BCUT2D eigenvalue weighted by atomic mass is 10.1. The van der Waals surface area contributed by atoms with Crippen LogP contribution in [0, 0.1) is 6.92 Å².